The van der Waals surface area contributed by atoms with Gasteiger partial charge in [-0.05, 0) is 60.0 Å². The Labute approximate surface area is 251 Å². The van der Waals surface area contributed by atoms with Gasteiger partial charge in [0.05, 0.1) is 11.0 Å². The van der Waals surface area contributed by atoms with E-state index < -0.39 is 0 Å². The Morgan fingerprint density at radius 1 is 0.698 bits per heavy atom. The fourth-order valence-electron chi connectivity index (χ4n) is 8.53. The third-order valence-corrected chi connectivity index (χ3v) is 10.9. The molecule has 9 aromatic rings. The molecular formula is C38H23BN2OS. The first-order valence-electron chi connectivity index (χ1n) is 14.9. The molecule has 0 saturated heterocycles. The summed E-state index contributed by atoms with van der Waals surface area (Å²) in [5, 5.41) is 7.67. The third kappa shape index (κ3) is 2.47. The number of hydrogen-bond acceptors (Lipinski definition) is 2. The molecule has 0 atom stereocenters. The van der Waals surface area contributed by atoms with Crippen LogP contribution in [0.4, 0.5) is 0 Å². The van der Waals surface area contributed by atoms with Crippen LogP contribution in [0.2, 0.25) is 0 Å². The highest BCUT2D eigenvalue weighted by atomic mass is 32.2. The van der Waals surface area contributed by atoms with Crippen molar-refractivity contribution in [2.45, 2.75) is 11.8 Å². The molecule has 0 radical (unpaired) electrons. The normalized spacial score (nSPS) is 13.4. The van der Waals surface area contributed by atoms with Crippen LogP contribution < -0.4 is 10.9 Å². The van der Waals surface area contributed by atoms with Gasteiger partial charge in [-0.15, -0.1) is 11.8 Å². The van der Waals surface area contributed by atoms with Gasteiger partial charge in [0.2, 0.25) is 0 Å². The molecule has 0 amide bonds. The number of rotatable bonds is 1. The van der Waals surface area contributed by atoms with Gasteiger partial charge in [0.15, 0.2) is 0 Å². The summed E-state index contributed by atoms with van der Waals surface area (Å²) in [7, 11) is 0. The van der Waals surface area contributed by atoms with E-state index >= 15 is 0 Å². The van der Waals surface area contributed by atoms with Crippen LogP contribution in [0.25, 0.3) is 82.4 Å². The summed E-state index contributed by atoms with van der Waals surface area (Å²) in [6.45, 7) is 2.28. The maximum Gasteiger partial charge on any atom is 0.333 e. The van der Waals surface area contributed by atoms with Crippen LogP contribution in [0, 0.1) is 6.92 Å². The second-order valence-corrected chi connectivity index (χ2v) is 12.9. The van der Waals surface area contributed by atoms with Crippen molar-refractivity contribution in [3.8, 4) is 16.8 Å². The van der Waals surface area contributed by atoms with Crippen molar-refractivity contribution in [3.63, 3.8) is 0 Å². The standard InChI is InChI=1S/C38H23BN2OS/c1-20-9-7-15-28-32(20)34-31(43-2)18-17-26-37(34)40(28)29-19-25-22-11-4-6-16-30(22)42-38(25)33-24-13-8-12-23-21-10-3-5-14-27(21)41(36(23)24)39(26)35(29)33/h3-19H,1-2H3. The molecule has 43 heavy (non-hydrogen) atoms. The molecular weight excluding hydrogens is 543 g/mol. The number of para-hydroxylation sites is 3. The topological polar surface area (TPSA) is 23.0 Å². The van der Waals surface area contributed by atoms with Gasteiger partial charge in [0, 0.05) is 65.1 Å². The van der Waals surface area contributed by atoms with E-state index in [0.29, 0.717) is 0 Å². The average molecular weight is 566 g/mol. The smallest absolute Gasteiger partial charge is 0.333 e. The Morgan fingerprint density at radius 2 is 1.49 bits per heavy atom. The van der Waals surface area contributed by atoms with E-state index in [1.807, 2.05) is 11.8 Å². The van der Waals surface area contributed by atoms with Gasteiger partial charge in [0.25, 0.3) is 0 Å². The molecule has 0 saturated carbocycles. The van der Waals surface area contributed by atoms with E-state index in [0.717, 1.165) is 11.2 Å². The van der Waals surface area contributed by atoms with E-state index in [-0.39, 0.29) is 6.85 Å². The second-order valence-electron chi connectivity index (χ2n) is 12.0. The van der Waals surface area contributed by atoms with Crippen LogP contribution in [0.5, 0.6) is 0 Å². The lowest BCUT2D eigenvalue weighted by Crippen LogP contribution is -2.55. The number of benzene rings is 6. The molecule has 0 unspecified atom stereocenters. The van der Waals surface area contributed by atoms with Gasteiger partial charge < -0.3 is 13.5 Å². The Balaban J connectivity index is 1.48. The fourth-order valence-corrected chi connectivity index (χ4v) is 9.14. The summed E-state index contributed by atoms with van der Waals surface area (Å²) in [4.78, 5) is 1.33. The van der Waals surface area contributed by atoms with Gasteiger partial charge in [-0.1, -0.05) is 72.8 Å². The largest absolute Gasteiger partial charge is 0.455 e. The molecule has 2 aliphatic rings. The van der Waals surface area contributed by atoms with Crippen LogP contribution in [0.3, 0.4) is 0 Å². The Morgan fingerprint density at radius 3 is 2.40 bits per heavy atom. The zero-order chi connectivity index (χ0) is 28.1. The number of thioether (sulfide) groups is 1. The average Bonchev–Trinajstić information content (AvgIpc) is 3.71. The number of fused-ring (bicyclic) bond motifs is 14. The first-order chi connectivity index (χ1) is 21.2. The zero-order valence-electron chi connectivity index (χ0n) is 23.6. The molecule has 0 fully saturated rings. The van der Waals surface area contributed by atoms with Crippen molar-refractivity contribution < 1.29 is 4.42 Å². The third-order valence-electron chi connectivity index (χ3n) is 10.1. The number of furan rings is 1. The Hall–Kier alpha value is -4.87. The minimum atomic E-state index is 0.0236. The molecule has 5 heteroatoms. The minimum absolute atomic E-state index is 0.0236. The van der Waals surface area contributed by atoms with Gasteiger partial charge in [0.1, 0.15) is 11.2 Å². The molecule has 2 aliphatic heterocycles. The van der Waals surface area contributed by atoms with Crippen LogP contribution in [-0.4, -0.2) is 22.1 Å². The van der Waals surface area contributed by atoms with E-state index in [1.54, 1.807) is 0 Å². The molecule has 6 aromatic carbocycles. The van der Waals surface area contributed by atoms with Crippen molar-refractivity contribution in [2.75, 3.05) is 6.26 Å². The lowest BCUT2D eigenvalue weighted by molar-refractivity contribution is 0.670. The predicted molar refractivity (Wildman–Crippen MR) is 183 cm³/mol. The first-order valence-corrected chi connectivity index (χ1v) is 16.1. The van der Waals surface area contributed by atoms with Gasteiger partial charge in [-0.3, -0.25) is 0 Å². The van der Waals surface area contributed by atoms with Gasteiger partial charge in [-0.25, -0.2) is 0 Å². The van der Waals surface area contributed by atoms with Crippen LogP contribution in [0.15, 0.2) is 112 Å². The molecule has 0 aliphatic carbocycles. The maximum absolute atomic E-state index is 6.81. The molecule has 11 rings (SSSR count). The van der Waals surface area contributed by atoms with E-state index in [1.165, 1.54) is 92.6 Å². The monoisotopic (exact) mass is 566 g/mol. The highest BCUT2D eigenvalue weighted by Gasteiger charge is 2.43. The second kappa shape index (κ2) is 7.55. The van der Waals surface area contributed by atoms with Crippen molar-refractivity contribution in [1.29, 1.82) is 0 Å². The maximum atomic E-state index is 6.81. The van der Waals surface area contributed by atoms with Gasteiger partial charge in [-0.2, -0.15) is 0 Å². The molecule has 3 nitrogen and oxygen atoms in total. The van der Waals surface area contributed by atoms with Crippen molar-refractivity contribution in [3.05, 3.63) is 109 Å². The van der Waals surface area contributed by atoms with E-state index in [9.17, 15) is 0 Å². The minimum Gasteiger partial charge on any atom is -0.455 e. The van der Waals surface area contributed by atoms with Crippen LogP contribution >= 0.6 is 11.8 Å². The fraction of sp³-hybridized carbons (Fsp3) is 0.0526. The molecule has 200 valence electrons. The van der Waals surface area contributed by atoms with Crippen molar-refractivity contribution in [2.24, 2.45) is 0 Å². The summed E-state index contributed by atoms with van der Waals surface area (Å²) in [6, 6.07) is 38.2. The molecule has 0 spiro atoms. The summed E-state index contributed by atoms with van der Waals surface area (Å²) in [5.41, 5.74) is 14.8. The Kier molecular flexibility index (Phi) is 3.99. The van der Waals surface area contributed by atoms with Crippen LogP contribution in [0.1, 0.15) is 5.56 Å². The summed E-state index contributed by atoms with van der Waals surface area (Å²) in [5.74, 6) is 0. The zero-order valence-corrected chi connectivity index (χ0v) is 24.4. The van der Waals surface area contributed by atoms with Crippen LogP contribution in [-0.2, 0) is 0 Å². The molecule has 5 heterocycles. The SMILES string of the molecule is CSc1ccc2c3c1c1c(C)cccc1n3-c1cc3c(oc4ccccc43)c3c1B2n1c2ccccc2c2cccc-3c21. The summed E-state index contributed by atoms with van der Waals surface area (Å²) in [6.07, 6.45) is 2.20. The Bertz CT molecular complexity index is 2740. The van der Waals surface area contributed by atoms with Crippen molar-refractivity contribution >= 4 is 95.1 Å². The quantitative estimate of drug-likeness (QED) is 0.146. The summed E-state index contributed by atoms with van der Waals surface area (Å²) < 4.78 is 12.0. The lowest BCUT2D eigenvalue weighted by atomic mass is 9.45. The highest BCUT2D eigenvalue weighted by molar-refractivity contribution is 7.98. The number of aromatic nitrogens is 2. The highest BCUT2D eigenvalue weighted by Crippen LogP contribution is 2.48. The molecule has 0 bridgehead atoms. The molecule has 3 aromatic heterocycles. The van der Waals surface area contributed by atoms with Gasteiger partial charge >= 0.3 is 6.85 Å². The predicted octanol–water partition coefficient (Wildman–Crippen LogP) is 8.77. The summed E-state index contributed by atoms with van der Waals surface area (Å²) >= 11 is 1.84. The lowest BCUT2D eigenvalue weighted by Gasteiger charge is -2.34. The molecule has 0 N–H and O–H groups in total. The first kappa shape index (κ1) is 22.7. The number of nitrogens with zero attached hydrogens (tertiary/aromatic N) is 2. The van der Waals surface area contributed by atoms with Crippen molar-refractivity contribution in [1.82, 2.24) is 9.05 Å². The van der Waals surface area contributed by atoms with E-state index in [4.69, 9.17) is 4.42 Å². The number of aryl methyl sites for hydroxylation is 1. The number of hydrogen-bond donors (Lipinski definition) is 0. The van der Waals surface area contributed by atoms with E-state index in [2.05, 4.69) is 125 Å².